The van der Waals surface area contributed by atoms with Crippen LogP contribution in [0.2, 0.25) is 0 Å². The van der Waals surface area contributed by atoms with Crippen molar-refractivity contribution in [3.63, 3.8) is 0 Å². The number of pyridine rings is 1. The predicted octanol–water partition coefficient (Wildman–Crippen LogP) is 3.84. The van der Waals surface area contributed by atoms with E-state index >= 15 is 0 Å². The Hall–Kier alpha value is -3.34. The van der Waals surface area contributed by atoms with Gasteiger partial charge in [0.1, 0.15) is 6.61 Å². The fourth-order valence-corrected chi connectivity index (χ4v) is 2.84. The standard InChI is InChI=1S/C21H18N2O3/c1-14-12-16(10-11-22-14)15-6-8-17(9-7-15)23-21(24)20-13-25-18-4-2-3-5-19(18)26-20/h2-12,20H,13H2,1H3,(H,23,24)/t20-/m1/s1. The first-order chi connectivity index (χ1) is 12.7. The number of para-hydroxylation sites is 2. The zero-order valence-corrected chi connectivity index (χ0v) is 14.3. The normalized spacial score (nSPS) is 15.3. The summed E-state index contributed by atoms with van der Waals surface area (Å²) in [4.78, 5) is 16.7. The van der Waals surface area contributed by atoms with Crippen LogP contribution in [0.1, 0.15) is 5.69 Å². The van der Waals surface area contributed by atoms with Crippen molar-refractivity contribution in [3.8, 4) is 22.6 Å². The van der Waals surface area contributed by atoms with E-state index in [9.17, 15) is 4.79 Å². The molecular weight excluding hydrogens is 328 g/mol. The number of aryl methyl sites for hydroxylation is 1. The number of hydrogen-bond acceptors (Lipinski definition) is 4. The molecule has 1 N–H and O–H groups in total. The maximum absolute atomic E-state index is 12.5. The molecule has 0 saturated heterocycles. The smallest absolute Gasteiger partial charge is 0.269 e. The lowest BCUT2D eigenvalue weighted by atomic mass is 10.1. The molecule has 0 aliphatic carbocycles. The second kappa shape index (κ2) is 6.88. The molecule has 0 radical (unpaired) electrons. The van der Waals surface area contributed by atoms with Crippen LogP contribution in [0.25, 0.3) is 11.1 Å². The highest BCUT2D eigenvalue weighted by molar-refractivity contribution is 5.95. The molecule has 0 unspecified atom stereocenters. The summed E-state index contributed by atoms with van der Waals surface area (Å²) in [5, 5.41) is 2.88. The average molecular weight is 346 g/mol. The summed E-state index contributed by atoms with van der Waals surface area (Å²) < 4.78 is 11.3. The van der Waals surface area contributed by atoms with Crippen molar-refractivity contribution in [2.45, 2.75) is 13.0 Å². The second-order valence-corrected chi connectivity index (χ2v) is 6.12. The Balaban J connectivity index is 1.44. The predicted molar refractivity (Wildman–Crippen MR) is 99.4 cm³/mol. The van der Waals surface area contributed by atoms with Crippen LogP contribution in [0.3, 0.4) is 0 Å². The molecule has 0 fully saturated rings. The lowest BCUT2D eigenvalue weighted by molar-refractivity contribution is -0.125. The molecule has 1 aromatic heterocycles. The number of carbonyl (C=O) groups is 1. The number of benzene rings is 2. The molecule has 0 spiro atoms. The Kier molecular flexibility index (Phi) is 4.27. The Labute approximate surface area is 151 Å². The molecular formula is C21H18N2O3. The number of ether oxygens (including phenoxy) is 2. The van der Waals surface area contributed by atoms with E-state index < -0.39 is 6.10 Å². The Morgan fingerprint density at radius 3 is 2.58 bits per heavy atom. The summed E-state index contributed by atoms with van der Waals surface area (Å²) >= 11 is 0. The first-order valence-corrected chi connectivity index (χ1v) is 8.41. The molecule has 2 aromatic carbocycles. The summed E-state index contributed by atoms with van der Waals surface area (Å²) in [5.41, 5.74) is 3.84. The molecule has 5 heteroatoms. The van der Waals surface area contributed by atoms with Crippen molar-refractivity contribution in [1.82, 2.24) is 4.98 Å². The first kappa shape index (κ1) is 16.1. The number of hydrogen-bond donors (Lipinski definition) is 1. The van der Waals surface area contributed by atoms with Crippen molar-refractivity contribution in [2.75, 3.05) is 11.9 Å². The maximum Gasteiger partial charge on any atom is 0.269 e. The number of fused-ring (bicyclic) bond motifs is 1. The summed E-state index contributed by atoms with van der Waals surface area (Å²) in [6.45, 7) is 2.15. The highest BCUT2D eigenvalue weighted by Crippen LogP contribution is 2.31. The van der Waals surface area contributed by atoms with E-state index in [1.807, 2.05) is 61.5 Å². The molecule has 1 aliphatic heterocycles. The van der Waals surface area contributed by atoms with Gasteiger partial charge in [-0.05, 0) is 54.4 Å². The van der Waals surface area contributed by atoms with Gasteiger partial charge in [-0.25, -0.2) is 0 Å². The fraction of sp³-hybridized carbons (Fsp3) is 0.143. The van der Waals surface area contributed by atoms with E-state index in [4.69, 9.17) is 9.47 Å². The van der Waals surface area contributed by atoms with Gasteiger partial charge in [0.05, 0.1) is 0 Å². The highest BCUT2D eigenvalue weighted by Gasteiger charge is 2.27. The lowest BCUT2D eigenvalue weighted by Crippen LogP contribution is -2.40. The third-order valence-electron chi connectivity index (χ3n) is 4.18. The van der Waals surface area contributed by atoms with Crippen LogP contribution in [-0.2, 0) is 4.79 Å². The SMILES string of the molecule is Cc1cc(-c2ccc(NC(=O)[C@H]3COc4ccccc4O3)cc2)ccn1. The minimum Gasteiger partial charge on any atom is -0.485 e. The molecule has 1 atom stereocenters. The van der Waals surface area contributed by atoms with Crippen LogP contribution in [0.15, 0.2) is 66.9 Å². The fourth-order valence-electron chi connectivity index (χ4n) is 2.84. The molecule has 1 amide bonds. The number of anilines is 1. The van der Waals surface area contributed by atoms with Gasteiger partial charge in [0.2, 0.25) is 6.10 Å². The van der Waals surface area contributed by atoms with Gasteiger partial charge in [-0.15, -0.1) is 0 Å². The van der Waals surface area contributed by atoms with E-state index in [0.717, 1.165) is 16.8 Å². The van der Waals surface area contributed by atoms with Crippen molar-refractivity contribution in [2.24, 2.45) is 0 Å². The number of carbonyl (C=O) groups excluding carboxylic acids is 1. The van der Waals surface area contributed by atoms with Crippen molar-refractivity contribution in [3.05, 3.63) is 72.6 Å². The van der Waals surface area contributed by atoms with Crippen LogP contribution < -0.4 is 14.8 Å². The van der Waals surface area contributed by atoms with Gasteiger partial charge in [-0.3, -0.25) is 9.78 Å². The van der Waals surface area contributed by atoms with Crippen LogP contribution in [0, 0.1) is 6.92 Å². The van der Waals surface area contributed by atoms with E-state index in [1.165, 1.54) is 0 Å². The highest BCUT2D eigenvalue weighted by atomic mass is 16.6. The van der Waals surface area contributed by atoms with Crippen LogP contribution in [0.5, 0.6) is 11.5 Å². The number of amides is 1. The molecule has 0 saturated carbocycles. The zero-order valence-electron chi connectivity index (χ0n) is 14.3. The monoisotopic (exact) mass is 346 g/mol. The molecule has 3 aromatic rings. The second-order valence-electron chi connectivity index (χ2n) is 6.12. The van der Waals surface area contributed by atoms with Crippen molar-refractivity contribution in [1.29, 1.82) is 0 Å². The maximum atomic E-state index is 12.5. The zero-order chi connectivity index (χ0) is 17.9. The number of nitrogens with zero attached hydrogens (tertiary/aromatic N) is 1. The summed E-state index contributed by atoms with van der Waals surface area (Å²) in [6, 6.07) is 19.0. The average Bonchev–Trinajstić information content (AvgIpc) is 2.68. The summed E-state index contributed by atoms with van der Waals surface area (Å²) in [6.07, 6.45) is 1.12. The van der Waals surface area contributed by atoms with Gasteiger partial charge in [0, 0.05) is 17.6 Å². The van der Waals surface area contributed by atoms with Gasteiger partial charge < -0.3 is 14.8 Å². The Morgan fingerprint density at radius 2 is 1.81 bits per heavy atom. The lowest BCUT2D eigenvalue weighted by Gasteiger charge is -2.25. The minimum absolute atomic E-state index is 0.192. The van der Waals surface area contributed by atoms with Crippen molar-refractivity contribution >= 4 is 11.6 Å². The third kappa shape index (κ3) is 3.37. The number of aromatic nitrogens is 1. The third-order valence-corrected chi connectivity index (χ3v) is 4.18. The van der Waals surface area contributed by atoms with Crippen LogP contribution in [-0.4, -0.2) is 23.6 Å². The van der Waals surface area contributed by atoms with Gasteiger partial charge in [0.25, 0.3) is 5.91 Å². The quantitative estimate of drug-likeness (QED) is 0.783. The molecule has 26 heavy (non-hydrogen) atoms. The van der Waals surface area contributed by atoms with Crippen LogP contribution in [0.4, 0.5) is 5.69 Å². The Bertz CT molecular complexity index is 938. The molecule has 1 aliphatic rings. The van der Waals surface area contributed by atoms with E-state index in [0.29, 0.717) is 17.2 Å². The van der Waals surface area contributed by atoms with Gasteiger partial charge in [0.15, 0.2) is 11.5 Å². The molecule has 2 heterocycles. The summed E-state index contributed by atoms with van der Waals surface area (Å²) in [7, 11) is 0. The molecule has 4 rings (SSSR count). The van der Waals surface area contributed by atoms with E-state index in [1.54, 1.807) is 12.3 Å². The van der Waals surface area contributed by atoms with Gasteiger partial charge in [-0.2, -0.15) is 0 Å². The number of rotatable bonds is 3. The molecule has 0 bridgehead atoms. The van der Waals surface area contributed by atoms with Crippen LogP contribution >= 0.6 is 0 Å². The Morgan fingerprint density at radius 1 is 1.04 bits per heavy atom. The van der Waals surface area contributed by atoms with Gasteiger partial charge >= 0.3 is 0 Å². The molecule has 130 valence electrons. The number of nitrogens with one attached hydrogen (secondary N) is 1. The molecule has 5 nitrogen and oxygen atoms in total. The largest absolute Gasteiger partial charge is 0.485 e. The summed E-state index contributed by atoms with van der Waals surface area (Å²) in [5.74, 6) is 1.02. The topological polar surface area (TPSA) is 60.5 Å². The van der Waals surface area contributed by atoms with E-state index in [2.05, 4.69) is 10.3 Å². The first-order valence-electron chi connectivity index (χ1n) is 8.41. The minimum atomic E-state index is -0.674. The van der Waals surface area contributed by atoms with E-state index in [-0.39, 0.29) is 12.5 Å². The van der Waals surface area contributed by atoms with Gasteiger partial charge in [-0.1, -0.05) is 24.3 Å². The van der Waals surface area contributed by atoms with Crippen molar-refractivity contribution < 1.29 is 14.3 Å².